The number of aryl methyl sites for hydroxylation is 5. The Morgan fingerprint density at radius 3 is 1.71 bits per heavy atom. The molecule has 0 radical (unpaired) electrons. The lowest BCUT2D eigenvalue weighted by Gasteiger charge is -2.28. The summed E-state index contributed by atoms with van der Waals surface area (Å²) in [7, 11) is 0. The topological polar surface area (TPSA) is 0 Å². The van der Waals surface area contributed by atoms with Crippen molar-refractivity contribution >= 4 is 11.6 Å². The molecule has 0 saturated heterocycles. The summed E-state index contributed by atoms with van der Waals surface area (Å²) in [5, 5.41) is -0.500. The van der Waals surface area contributed by atoms with Gasteiger partial charge in [0.2, 0.25) is 0 Å². The van der Waals surface area contributed by atoms with Gasteiger partial charge in [0.25, 0.3) is 0 Å². The van der Waals surface area contributed by atoms with Crippen LogP contribution in [0.3, 0.4) is 0 Å². The van der Waals surface area contributed by atoms with E-state index < -0.39 is 16.7 Å². The van der Waals surface area contributed by atoms with E-state index in [0.717, 1.165) is 30.2 Å². The maximum Gasteiger partial charge on any atom is 0.145 e. The van der Waals surface area contributed by atoms with Crippen LogP contribution in [0.5, 0.6) is 0 Å². The molecule has 0 atom stereocenters. The quantitative estimate of drug-likeness (QED) is 0.258. The Balaban J connectivity index is 1.20. The lowest BCUT2D eigenvalue weighted by atomic mass is 9.77. The zero-order chi connectivity index (χ0) is 24.8. The zero-order valence-corrected chi connectivity index (χ0v) is 21.2. The summed E-state index contributed by atoms with van der Waals surface area (Å²) in [6.07, 6.45) is 10.3. The highest BCUT2D eigenvalue weighted by Crippen LogP contribution is 2.34. The average molecular weight is 499 g/mol. The molecule has 3 aromatic rings. The van der Waals surface area contributed by atoms with Crippen LogP contribution in [0.2, 0.25) is 5.02 Å². The van der Waals surface area contributed by atoms with Crippen molar-refractivity contribution in [3.8, 4) is 0 Å². The molecule has 1 fully saturated rings. The van der Waals surface area contributed by atoms with Crippen LogP contribution in [0, 0.1) is 36.2 Å². The molecule has 0 aromatic heterocycles. The van der Waals surface area contributed by atoms with Gasteiger partial charge in [-0.1, -0.05) is 79.2 Å². The van der Waals surface area contributed by atoms with Crippen molar-refractivity contribution in [2.24, 2.45) is 11.8 Å². The molecule has 0 nitrogen and oxygen atoms in total. The third-order valence-electron chi connectivity index (χ3n) is 7.61. The van der Waals surface area contributed by atoms with Gasteiger partial charge in [0.15, 0.2) is 0 Å². The van der Waals surface area contributed by atoms with E-state index in [1.54, 1.807) is 6.07 Å². The standard InChI is InChI=1S/C31H34ClF3/c1-21-2-4-22(5-3-21)6-7-23-8-10-24(11-9-23)12-13-25-14-16-27(28(33)18-25)17-15-26-19-29(34)31(32)30(35)20-26/h2-5,14,16,18-20,23-24H,6-13,15,17H2,1H3/t23-,24-. The van der Waals surface area contributed by atoms with Crippen LogP contribution in [0.4, 0.5) is 13.2 Å². The second kappa shape index (κ2) is 12.1. The maximum absolute atomic E-state index is 14.7. The van der Waals surface area contributed by atoms with Crippen molar-refractivity contribution in [3.63, 3.8) is 0 Å². The van der Waals surface area contributed by atoms with E-state index in [9.17, 15) is 13.2 Å². The lowest BCUT2D eigenvalue weighted by Crippen LogP contribution is -2.16. The Bertz CT molecular complexity index is 1090. The van der Waals surface area contributed by atoms with E-state index >= 15 is 0 Å². The van der Waals surface area contributed by atoms with Crippen molar-refractivity contribution in [2.45, 2.75) is 71.1 Å². The fraction of sp³-hybridized carbons (Fsp3) is 0.419. The first-order valence-electron chi connectivity index (χ1n) is 12.8. The Labute approximate surface area is 212 Å². The van der Waals surface area contributed by atoms with Gasteiger partial charge in [-0.2, -0.15) is 0 Å². The minimum atomic E-state index is -0.780. The van der Waals surface area contributed by atoms with Crippen molar-refractivity contribution in [2.75, 3.05) is 0 Å². The van der Waals surface area contributed by atoms with E-state index in [1.165, 1.54) is 61.8 Å². The van der Waals surface area contributed by atoms with Gasteiger partial charge in [-0.05, 0) is 97.7 Å². The zero-order valence-electron chi connectivity index (χ0n) is 20.4. The van der Waals surface area contributed by atoms with E-state index in [0.29, 0.717) is 24.0 Å². The molecular formula is C31H34ClF3. The summed E-state index contributed by atoms with van der Waals surface area (Å²) in [6, 6.07) is 16.8. The molecule has 1 aliphatic carbocycles. The van der Waals surface area contributed by atoms with Crippen LogP contribution >= 0.6 is 11.6 Å². The van der Waals surface area contributed by atoms with E-state index in [4.69, 9.17) is 11.6 Å². The highest BCUT2D eigenvalue weighted by Gasteiger charge is 2.21. The molecule has 0 amide bonds. The van der Waals surface area contributed by atoms with E-state index in [1.807, 2.05) is 12.1 Å². The molecule has 4 heteroatoms. The third kappa shape index (κ3) is 7.36. The summed E-state index contributed by atoms with van der Waals surface area (Å²) in [6.45, 7) is 2.13. The van der Waals surface area contributed by atoms with Gasteiger partial charge in [-0.15, -0.1) is 0 Å². The molecule has 0 unspecified atom stereocenters. The number of hydrogen-bond donors (Lipinski definition) is 0. The summed E-state index contributed by atoms with van der Waals surface area (Å²) in [5.41, 5.74) is 4.82. The molecule has 1 aliphatic rings. The molecule has 0 aliphatic heterocycles. The smallest absolute Gasteiger partial charge is 0.145 e. The minimum Gasteiger partial charge on any atom is -0.207 e. The molecule has 186 valence electrons. The van der Waals surface area contributed by atoms with Gasteiger partial charge < -0.3 is 0 Å². The summed E-state index contributed by atoms with van der Waals surface area (Å²) in [4.78, 5) is 0. The number of hydrogen-bond acceptors (Lipinski definition) is 0. The normalized spacial score (nSPS) is 18.1. The van der Waals surface area contributed by atoms with Gasteiger partial charge in [0.05, 0.1) is 0 Å². The predicted molar refractivity (Wildman–Crippen MR) is 138 cm³/mol. The van der Waals surface area contributed by atoms with Crippen LogP contribution < -0.4 is 0 Å². The summed E-state index contributed by atoms with van der Waals surface area (Å²) < 4.78 is 41.9. The highest BCUT2D eigenvalue weighted by molar-refractivity contribution is 6.30. The minimum absolute atomic E-state index is 0.239. The lowest BCUT2D eigenvalue weighted by molar-refractivity contribution is 0.253. The van der Waals surface area contributed by atoms with E-state index in [-0.39, 0.29) is 5.82 Å². The largest absolute Gasteiger partial charge is 0.207 e. The van der Waals surface area contributed by atoms with Gasteiger partial charge >= 0.3 is 0 Å². The molecule has 4 rings (SSSR count). The Morgan fingerprint density at radius 1 is 0.629 bits per heavy atom. The number of rotatable bonds is 9. The Hall–Kier alpha value is -2.26. The second-order valence-corrected chi connectivity index (χ2v) is 10.6. The van der Waals surface area contributed by atoms with Crippen molar-refractivity contribution < 1.29 is 13.2 Å². The Kier molecular flexibility index (Phi) is 8.94. The first-order chi connectivity index (χ1) is 16.9. The number of benzene rings is 3. The van der Waals surface area contributed by atoms with E-state index in [2.05, 4.69) is 31.2 Å². The molecule has 1 saturated carbocycles. The van der Waals surface area contributed by atoms with Crippen molar-refractivity contribution in [3.05, 3.63) is 105 Å². The van der Waals surface area contributed by atoms with Gasteiger partial charge in [0, 0.05) is 0 Å². The van der Waals surface area contributed by atoms with Crippen LogP contribution in [0.25, 0.3) is 0 Å². The van der Waals surface area contributed by atoms with Crippen LogP contribution in [-0.4, -0.2) is 0 Å². The SMILES string of the molecule is Cc1ccc(CC[C@H]2CC[C@H](CCc3ccc(CCc4cc(F)c(Cl)c(F)c4)c(F)c3)CC2)cc1. The number of halogens is 4. The van der Waals surface area contributed by atoms with Crippen LogP contribution in [-0.2, 0) is 25.7 Å². The summed E-state index contributed by atoms with van der Waals surface area (Å²) >= 11 is 5.53. The average Bonchev–Trinajstić information content (AvgIpc) is 2.85. The fourth-order valence-electron chi connectivity index (χ4n) is 5.29. The van der Waals surface area contributed by atoms with Crippen molar-refractivity contribution in [1.82, 2.24) is 0 Å². The van der Waals surface area contributed by atoms with Crippen molar-refractivity contribution in [1.29, 1.82) is 0 Å². The highest BCUT2D eigenvalue weighted by atomic mass is 35.5. The molecule has 0 heterocycles. The third-order valence-corrected chi connectivity index (χ3v) is 7.97. The van der Waals surface area contributed by atoms with Crippen LogP contribution in [0.15, 0.2) is 54.6 Å². The molecule has 0 N–H and O–H groups in total. The predicted octanol–water partition coefficient (Wildman–Crippen LogP) is 9.22. The first-order valence-corrected chi connectivity index (χ1v) is 13.2. The molecule has 35 heavy (non-hydrogen) atoms. The molecule has 0 bridgehead atoms. The van der Waals surface area contributed by atoms with Crippen LogP contribution in [0.1, 0.15) is 66.3 Å². The second-order valence-electron chi connectivity index (χ2n) is 10.2. The van der Waals surface area contributed by atoms with Gasteiger partial charge in [0.1, 0.15) is 22.5 Å². The van der Waals surface area contributed by atoms with Gasteiger partial charge in [-0.25, -0.2) is 13.2 Å². The molecule has 3 aromatic carbocycles. The molecular weight excluding hydrogens is 465 g/mol. The van der Waals surface area contributed by atoms with Gasteiger partial charge in [-0.3, -0.25) is 0 Å². The molecule has 0 spiro atoms. The Morgan fingerprint density at radius 2 is 1.14 bits per heavy atom. The first kappa shape index (κ1) is 25.8. The maximum atomic E-state index is 14.7. The monoisotopic (exact) mass is 498 g/mol. The fourth-order valence-corrected chi connectivity index (χ4v) is 5.39. The summed E-state index contributed by atoms with van der Waals surface area (Å²) in [5.74, 6) is -0.247.